The summed E-state index contributed by atoms with van der Waals surface area (Å²) in [5.74, 6) is 2.97. The van der Waals surface area contributed by atoms with Gasteiger partial charge in [0.2, 0.25) is 0 Å². The van der Waals surface area contributed by atoms with Crippen molar-refractivity contribution in [1.82, 2.24) is 9.97 Å². The summed E-state index contributed by atoms with van der Waals surface area (Å²) in [4.78, 5) is 9.95. The number of anilines is 1. The van der Waals surface area contributed by atoms with Gasteiger partial charge in [-0.15, -0.1) is 11.3 Å². The summed E-state index contributed by atoms with van der Waals surface area (Å²) in [6.07, 6.45) is 0. The molecule has 0 fully saturated rings. The van der Waals surface area contributed by atoms with Crippen molar-refractivity contribution in [2.24, 2.45) is 0 Å². The van der Waals surface area contributed by atoms with E-state index in [4.69, 9.17) is 9.47 Å². The van der Waals surface area contributed by atoms with Gasteiger partial charge in [-0.3, -0.25) is 0 Å². The molecule has 3 aromatic rings. The molecule has 2 heterocycles. The SMILES string of the molecule is CNc1nc(COc2cccc(OC)c2)nc2sccc12. The van der Waals surface area contributed by atoms with Crippen molar-refractivity contribution in [3.63, 3.8) is 0 Å². The fourth-order valence-electron chi connectivity index (χ4n) is 1.99. The van der Waals surface area contributed by atoms with Gasteiger partial charge in [0.05, 0.1) is 12.5 Å². The van der Waals surface area contributed by atoms with Gasteiger partial charge in [0.25, 0.3) is 0 Å². The van der Waals surface area contributed by atoms with Crippen molar-refractivity contribution >= 4 is 27.4 Å². The molecule has 0 saturated heterocycles. The van der Waals surface area contributed by atoms with Crippen LogP contribution in [0, 0.1) is 0 Å². The van der Waals surface area contributed by atoms with Gasteiger partial charge in [-0.1, -0.05) is 6.07 Å². The van der Waals surface area contributed by atoms with Crippen LogP contribution in [0.5, 0.6) is 11.5 Å². The van der Waals surface area contributed by atoms with E-state index in [0.29, 0.717) is 12.4 Å². The second-order valence-corrected chi connectivity index (χ2v) is 5.24. The summed E-state index contributed by atoms with van der Waals surface area (Å²) in [5.41, 5.74) is 0. The van der Waals surface area contributed by atoms with Gasteiger partial charge >= 0.3 is 0 Å². The Kier molecular flexibility index (Phi) is 3.87. The number of methoxy groups -OCH3 is 1. The number of nitrogens with zero attached hydrogens (tertiary/aromatic N) is 2. The normalized spacial score (nSPS) is 10.6. The summed E-state index contributed by atoms with van der Waals surface area (Å²) >= 11 is 1.59. The summed E-state index contributed by atoms with van der Waals surface area (Å²) < 4.78 is 10.9. The molecule has 0 aliphatic rings. The van der Waals surface area contributed by atoms with Crippen LogP contribution in [0.1, 0.15) is 5.82 Å². The molecule has 0 atom stereocenters. The molecule has 5 nitrogen and oxygen atoms in total. The van der Waals surface area contributed by atoms with E-state index < -0.39 is 0 Å². The number of aromatic nitrogens is 2. The van der Waals surface area contributed by atoms with Crippen LogP contribution in [0.15, 0.2) is 35.7 Å². The third-order valence-electron chi connectivity index (χ3n) is 3.02. The summed E-state index contributed by atoms with van der Waals surface area (Å²) in [7, 11) is 3.48. The molecular formula is C15H15N3O2S. The lowest BCUT2D eigenvalue weighted by Gasteiger charge is -2.08. The van der Waals surface area contributed by atoms with E-state index >= 15 is 0 Å². The van der Waals surface area contributed by atoms with Crippen LogP contribution >= 0.6 is 11.3 Å². The molecule has 3 rings (SSSR count). The van der Waals surface area contributed by atoms with Crippen LogP contribution in [0.4, 0.5) is 5.82 Å². The Labute approximate surface area is 126 Å². The standard InChI is InChI=1S/C15H15N3O2S/c1-16-14-12-6-7-21-15(12)18-13(17-14)9-20-11-5-3-4-10(8-11)19-2/h3-8H,9H2,1-2H3,(H,16,17,18). The Balaban J connectivity index is 1.81. The first-order valence-corrected chi connectivity index (χ1v) is 7.37. The fraction of sp³-hybridized carbons (Fsp3) is 0.200. The highest BCUT2D eigenvalue weighted by Crippen LogP contribution is 2.25. The molecule has 0 spiro atoms. The van der Waals surface area contributed by atoms with E-state index in [1.165, 1.54) is 0 Å². The van der Waals surface area contributed by atoms with Gasteiger partial charge in [0.15, 0.2) is 5.82 Å². The topological polar surface area (TPSA) is 56.3 Å². The molecule has 0 saturated carbocycles. The van der Waals surface area contributed by atoms with Gasteiger partial charge in [-0.05, 0) is 23.6 Å². The Morgan fingerprint density at radius 2 is 2.05 bits per heavy atom. The second-order valence-electron chi connectivity index (χ2n) is 4.35. The number of thiophene rings is 1. The van der Waals surface area contributed by atoms with Crippen LogP contribution in [0.2, 0.25) is 0 Å². The van der Waals surface area contributed by atoms with Crippen LogP contribution < -0.4 is 14.8 Å². The Morgan fingerprint density at radius 1 is 1.19 bits per heavy atom. The average Bonchev–Trinajstić information content (AvgIpc) is 3.00. The smallest absolute Gasteiger partial charge is 0.169 e. The van der Waals surface area contributed by atoms with Crippen molar-refractivity contribution in [2.45, 2.75) is 6.61 Å². The number of nitrogens with one attached hydrogen (secondary N) is 1. The first-order valence-electron chi connectivity index (χ1n) is 6.49. The summed E-state index contributed by atoms with van der Waals surface area (Å²) in [5, 5.41) is 6.13. The van der Waals surface area contributed by atoms with E-state index in [1.807, 2.05) is 42.8 Å². The van der Waals surface area contributed by atoms with Crippen molar-refractivity contribution in [3.05, 3.63) is 41.5 Å². The third kappa shape index (κ3) is 2.90. The average molecular weight is 301 g/mol. The highest BCUT2D eigenvalue weighted by Gasteiger charge is 2.08. The lowest BCUT2D eigenvalue weighted by molar-refractivity contribution is 0.294. The molecule has 0 radical (unpaired) electrons. The van der Waals surface area contributed by atoms with Gasteiger partial charge in [0, 0.05) is 13.1 Å². The van der Waals surface area contributed by atoms with E-state index in [1.54, 1.807) is 18.4 Å². The number of ether oxygens (including phenoxy) is 2. The quantitative estimate of drug-likeness (QED) is 0.783. The van der Waals surface area contributed by atoms with Crippen LogP contribution in [0.25, 0.3) is 10.2 Å². The van der Waals surface area contributed by atoms with E-state index in [9.17, 15) is 0 Å². The molecule has 1 aromatic carbocycles. The van der Waals surface area contributed by atoms with Crippen molar-refractivity contribution in [3.8, 4) is 11.5 Å². The van der Waals surface area contributed by atoms with E-state index in [0.717, 1.165) is 27.5 Å². The lowest BCUT2D eigenvalue weighted by atomic mass is 10.3. The minimum Gasteiger partial charge on any atom is -0.497 e. The number of hydrogen-bond donors (Lipinski definition) is 1. The van der Waals surface area contributed by atoms with Crippen molar-refractivity contribution in [2.75, 3.05) is 19.5 Å². The largest absolute Gasteiger partial charge is 0.497 e. The zero-order valence-corrected chi connectivity index (χ0v) is 12.6. The molecule has 2 aromatic heterocycles. The molecule has 0 unspecified atom stereocenters. The molecule has 108 valence electrons. The van der Waals surface area contributed by atoms with Gasteiger partial charge in [-0.25, -0.2) is 9.97 Å². The van der Waals surface area contributed by atoms with Gasteiger partial charge in [0.1, 0.15) is 28.8 Å². The van der Waals surface area contributed by atoms with Crippen molar-refractivity contribution < 1.29 is 9.47 Å². The molecule has 21 heavy (non-hydrogen) atoms. The maximum Gasteiger partial charge on any atom is 0.169 e. The molecule has 0 amide bonds. The maximum atomic E-state index is 5.73. The summed E-state index contributed by atoms with van der Waals surface area (Å²) in [6, 6.07) is 9.49. The Hall–Kier alpha value is -2.34. The first kappa shape index (κ1) is 13.6. The number of benzene rings is 1. The molecule has 0 aliphatic heterocycles. The Morgan fingerprint density at radius 3 is 2.86 bits per heavy atom. The maximum absolute atomic E-state index is 5.73. The predicted molar refractivity (Wildman–Crippen MR) is 84.3 cm³/mol. The zero-order chi connectivity index (χ0) is 14.7. The highest BCUT2D eigenvalue weighted by molar-refractivity contribution is 7.16. The van der Waals surface area contributed by atoms with Gasteiger partial charge < -0.3 is 14.8 Å². The number of rotatable bonds is 5. The van der Waals surface area contributed by atoms with E-state index in [2.05, 4.69) is 15.3 Å². The summed E-state index contributed by atoms with van der Waals surface area (Å²) in [6.45, 7) is 0.315. The zero-order valence-electron chi connectivity index (χ0n) is 11.8. The Bertz CT molecular complexity index is 758. The first-order chi connectivity index (χ1) is 10.3. The minimum atomic E-state index is 0.315. The number of fused-ring (bicyclic) bond motifs is 1. The van der Waals surface area contributed by atoms with Crippen molar-refractivity contribution in [1.29, 1.82) is 0 Å². The number of hydrogen-bond acceptors (Lipinski definition) is 6. The monoisotopic (exact) mass is 301 g/mol. The molecular weight excluding hydrogens is 286 g/mol. The van der Waals surface area contributed by atoms with Crippen LogP contribution in [-0.2, 0) is 6.61 Å². The second kappa shape index (κ2) is 5.97. The lowest BCUT2D eigenvalue weighted by Crippen LogP contribution is -2.04. The fourth-order valence-corrected chi connectivity index (χ4v) is 2.78. The molecule has 0 bridgehead atoms. The van der Waals surface area contributed by atoms with Crippen LogP contribution in [-0.4, -0.2) is 24.1 Å². The molecule has 6 heteroatoms. The van der Waals surface area contributed by atoms with E-state index in [-0.39, 0.29) is 0 Å². The predicted octanol–water partition coefficient (Wildman–Crippen LogP) is 3.32. The van der Waals surface area contributed by atoms with Crippen LogP contribution in [0.3, 0.4) is 0 Å². The molecule has 1 N–H and O–H groups in total. The third-order valence-corrected chi connectivity index (χ3v) is 3.82. The highest BCUT2D eigenvalue weighted by atomic mass is 32.1. The molecule has 0 aliphatic carbocycles. The van der Waals surface area contributed by atoms with Gasteiger partial charge in [-0.2, -0.15) is 0 Å². The minimum absolute atomic E-state index is 0.315.